The van der Waals surface area contributed by atoms with Crippen LogP contribution in [-0.2, 0) is 4.84 Å². The fourth-order valence-electron chi connectivity index (χ4n) is 0.593. The van der Waals surface area contributed by atoms with Crippen LogP contribution in [0.15, 0.2) is 0 Å². The summed E-state index contributed by atoms with van der Waals surface area (Å²) in [6.07, 6.45) is 0.403. The Bertz CT molecular complexity index is 57.1. The molecular formula is C5H11NO. The van der Waals surface area contributed by atoms with Crippen LogP contribution in [-0.4, -0.2) is 12.6 Å². The summed E-state index contributed by atoms with van der Waals surface area (Å²) in [7, 11) is 0. The normalized spacial score (nSPS) is 42.0. The molecule has 0 aromatic carbocycles. The molecule has 0 amide bonds. The summed E-state index contributed by atoms with van der Waals surface area (Å²) in [5.41, 5.74) is 2.82. The molecule has 2 heteroatoms. The first-order chi connectivity index (χ1) is 3.30. The first kappa shape index (κ1) is 5.06. The molecule has 42 valence electrons. The number of hydroxylamine groups is 1. The largest absolute Gasteiger partial charge is 0.298 e. The summed E-state index contributed by atoms with van der Waals surface area (Å²) in [5.74, 6) is 0.681. The van der Waals surface area contributed by atoms with Gasteiger partial charge in [-0.25, -0.2) is 5.48 Å². The topological polar surface area (TPSA) is 21.3 Å². The Labute approximate surface area is 43.8 Å². The second-order valence-electron chi connectivity index (χ2n) is 2.15. The van der Waals surface area contributed by atoms with Gasteiger partial charge in [0.25, 0.3) is 0 Å². The van der Waals surface area contributed by atoms with E-state index in [0.29, 0.717) is 12.0 Å². The van der Waals surface area contributed by atoms with Crippen LogP contribution < -0.4 is 5.48 Å². The molecule has 0 aromatic heterocycles. The Hall–Kier alpha value is -0.0800. The molecule has 1 aliphatic heterocycles. The van der Waals surface area contributed by atoms with E-state index in [1.165, 1.54) is 0 Å². The van der Waals surface area contributed by atoms with Crippen molar-refractivity contribution in [3.05, 3.63) is 0 Å². The zero-order valence-corrected chi connectivity index (χ0v) is 4.77. The van der Waals surface area contributed by atoms with Gasteiger partial charge in [0.05, 0.1) is 6.10 Å². The molecule has 0 bridgehead atoms. The van der Waals surface area contributed by atoms with Crippen LogP contribution in [0.2, 0.25) is 0 Å². The van der Waals surface area contributed by atoms with Crippen LogP contribution in [0.1, 0.15) is 13.8 Å². The van der Waals surface area contributed by atoms with Crippen LogP contribution in [0, 0.1) is 5.92 Å². The minimum Gasteiger partial charge on any atom is -0.298 e. The summed E-state index contributed by atoms with van der Waals surface area (Å²) in [4.78, 5) is 5.02. The van der Waals surface area contributed by atoms with E-state index in [9.17, 15) is 0 Å². The third-order valence-electron chi connectivity index (χ3n) is 1.48. The van der Waals surface area contributed by atoms with Gasteiger partial charge in [-0.15, -0.1) is 0 Å². The van der Waals surface area contributed by atoms with Gasteiger partial charge in [0.1, 0.15) is 0 Å². The van der Waals surface area contributed by atoms with Gasteiger partial charge in [-0.05, 0) is 12.8 Å². The lowest BCUT2D eigenvalue weighted by molar-refractivity contribution is 0.0366. The van der Waals surface area contributed by atoms with Gasteiger partial charge in [-0.3, -0.25) is 4.84 Å². The molecule has 2 nitrogen and oxygen atoms in total. The molecule has 7 heavy (non-hydrogen) atoms. The van der Waals surface area contributed by atoms with Crippen molar-refractivity contribution in [1.29, 1.82) is 0 Å². The standard InChI is InChI=1S/C5H11NO/c1-4-3-6-7-5(4)2/h4-6H,3H2,1-2H3/t4-,5-/m0/s1. The van der Waals surface area contributed by atoms with Crippen molar-refractivity contribution in [2.45, 2.75) is 20.0 Å². The molecule has 0 saturated carbocycles. The van der Waals surface area contributed by atoms with Gasteiger partial charge in [0.2, 0.25) is 0 Å². The second-order valence-corrected chi connectivity index (χ2v) is 2.15. The van der Waals surface area contributed by atoms with Crippen molar-refractivity contribution in [3.8, 4) is 0 Å². The van der Waals surface area contributed by atoms with E-state index in [1.807, 2.05) is 0 Å². The van der Waals surface area contributed by atoms with Crippen LogP contribution in [0.25, 0.3) is 0 Å². The number of hydrogen-bond donors (Lipinski definition) is 1. The molecule has 0 aromatic rings. The zero-order valence-electron chi connectivity index (χ0n) is 4.77. The monoisotopic (exact) mass is 101 g/mol. The maximum Gasteiger partial charge on any atom is 0.0800 e. The van der Waals surface area contributed by atoms with Gasteiger partial charge >= 0.3 is 0 Å². The van der Waals surface area contributed by atoms with E-state index in [1.54, 1.807) is 0 Å². The Morgan fingerprint density at radius 2 is 2.29 bits per heavy atom. The lowest BCUT2D eigenvalue weighted by Crippen LogP contribution is -2.07. The van der Waals surface area contributed by atoms with Gasteiger partial charge < -0.3 is 0 Å². The minimum absolute atomic E-state index is 0.403. The molecule has 0 aliphatic carbocycles. The third-order valence-corrected chi connectivity index (χ3v) is 1.48. The predicted molar refractivity (Wildman–Crippen MR) is 27.7 cm³/mol. The van der Waals surface area contributed by atoms with Crippen molar-refractivity contribution in [3.63, 3.8) is 0 Å². The van der Waals surface area contributed by atoms with Crippen LogP contribution in [0.5, 0.6) is 0 Å². The molecule has 1 aliphatic rings. The summed E-state index contributed by atoms with van der Waals surface area (Å²) >= 11 is 0. The molecule has 1 saturated heterocycles. The minimum atomic E-state index is 0.403. The third kappa shape index (κ3) is 0.924. The number of rotatable bonds is 0. The summed E-state index contributed by atoms with van der Waals surface area (Å²) in [6, 6.07) is 0. The van der Waals surface area contributed by atoms with Crippen LogP contribution in [0.3, 0.4) is 0 Å². The highest BCUT2D eigenvalue weighted by Crippen LogP contribution is 2.09. The number of hydrogen-bond acceptors (Lipinski definition) is 2. The van der Waals surface area contributed by atoms with Crippen molar-refractivity contribution < 1.29 is 4.84 Å². The Morgan fingerprint density at radius 3 is 2.43 bits per heavy atom. The summed E-state index contributed by atoms with van der Waals surface area (Å²) < 4.78 is 0. The van der Waals surface area contributed by atoms with Crippen molar-refractivity contribution in [1.82, 2.24) is 5.48 Å². The van der Waals surface area contributed by atoms with E-state index in [0.717, 1.165) is 6.54 Å². The maximum atomic E-state index is 5.02. The average molecular weight is 101 g/mol. The van der Waals surface area contributed by atoms with Crippen LogP contribution in [0.4, 0.5) is 0 Å². The van der Waals surface area contributed by atoms with E-state index in [2.05, 4.69) is 19.3 Å². The highest BCUT2D eigenvalue weighted by molar-refractivity contribution is 4.65. The molecule has 0 spiro atoms. The molecule has 1 heterocycles. The summed E-state index contributed by atoms with van der Waals surface area (Å²) in [5, 5.41) is 0. The predicted octanol–water partition coefficient (Wildman–Crippen LogP) is 0.546. The fraction of sp³-hybridized carbons (Fsp3) is 1.00. The molecule has 0 unspecified atom stereocenters. The highest BCUT2D eigenvalue weighted by Gasteiger charge is 2.18. The summed E-state index contributed by atoms with van der Waals surface area (Å²) in [6.45, 7) is 5.25. The zero-order chi connectivity index (χ0) is 5.28. The molecule has 0 radical (unpaired) electrons. The molecule has 1 fully saturated rings. The first-order valence-corrected chi connectivity index (χ1v) is 2.69. The van der Waals surface area contributed by atoms with Crippen molar-refractivity contribution in [2.75, 3.05) is 6.54 Å². The SMILES string of the molecule is C[C@@H]1ONC[C@@H]1C. The highest BCUT2D eigenvalue weighted by atomic mass is 16.7. The van der Waals surface area contributed by atoms with E-state index < -0.39 is 0 Å². The van der Waals surface area contributed by atoms with Crippen molar-refractivity contribution >= 4 is 0 Å². The van der Waals surface area contributed by atoms with Gasteiger partial charge in [-0.1, -0.05) is 6.92 Å². The van der Waals surface area contributed by atoms with E-state index in [4.69, 9.17) is 4.84 Å². The smallest absolute Gasteiger partial charge is 0.0800 e. The van der Waals surface area contributed by atoms with Gasteiger partial charge in [0.15, 0.2) is 0 Å². The molecule has 1 rings (SSSR count). The van der Waals surface area contributed by atoms with Gasteiger partial charge in [-0.2, -0.15) is 0 Å². The Balaban J connectivity index is 2.33. The second kappa shape index (κ2) is 1.80. The Morgan fingerprint density at radius 1 is 1.57 bits per heavy atom. The van der Waals surface area contributed by atoms with Gasteiger partial charge in [0, 0.05) is 6.54 Å². The average Bonchev–Trinajstić information content (AvgIpc) is 1.91. The lowest BCUT2D eigenvalue weighted by Gasteiger charge is -2.01. The quantitative estimate of drug-likeness (QED) is 0.481. The van der Waals surface area contributed by atoms with E-state index in [-0.39, 0.29) is 0 Å². The first-order valence-electron chi connectivity index (χ1n) is 2.69. The molecule has 2 atom stereocenters. The lowest BCUT2D eigenvalue weighted by atomic mass is 10.1. The van der Waals surface area contributed by atoms with Crippen LogP contribution >= 0.6 is 0 Å². The number of nitrogens with one attached hydrogen (secondary N) is 1. The maximum absolute atomic E-state index is 5.02. The molecule has 1 N–H and O–H groups in total. The van der Waals surface area contributed by atoms with Crippen molar-refractivity contribution in [2.24, 2.45) is 5.92 Å². The molecular weight excluding hydrogens is 90.1 g/mol. The van der Waals surface area contributed by atoms with E-state index >= 15 is 0 Å². The Kier molecular flexibility index (Phi) is 1.30. The fourth-order valence-corrected chi connectivity index (χ4v) is 0.593.